The molecule has 0 aromatic rings. The van der Waals surface area contributed by atoms with Gasteiger partial charge in [-0.3, -0.25) is 4.90 Å². The van der Waals surface area contributed by atoms with E-state index in [0.717, 1.165) is 12.8 Å². The number of hydrogen-bond acceptors (Lipinski definition) is 3. The van der Waals surface area contributed by atoms with Gasteiger partial charge >= 0.3 is 0 Å². The molecular formula is C8H17NO2. The van der Waals surface area contributed by atoms with Crippen LogP contribution >= 0.6 is 0 Å². The van der Waals surface area contributed by atoms with Crippen molar-refractivity contribution in [2.24, 2.45) is 0 Å². The highest BCUT2D eigenvalue weighted by Crippen LogP contribution is 2.21. The first-order valence-corrected chi connectivity index (χ1v) is 4.07. The second-order valence-corrected chi connectivity index (χ2v) is 2.98. The lowest BCUT2D eigenvalue weighted by Crippen LogP contribution is -2.45. The molecule has 0 bridgehead atoms. The van der Waals surface area contributed by atoms with Gasteiger partial charge in [-0.15, -0.1) is 0 Å². The summed E-state index contributed by atoms with van der Waals surface area (Å²) in [6, 6.07) is 0. The maximum Gasteiger partial charge on any atom is 0.111 e. The Kier molecular flexibility index (Phi) is 3.30. The highest BCUT2D eigenvalue weighted by atomic mass is 16.5. The molecule has 0 N–H and O–H groups in total. The minimum absolute atomic E-state index is 0.244. The molecule has 1 rings (SSSR count). The molecule has 2 unspecified atom stereocenters. The van der Waals surface area contributed by atoms with Gasteiger partial charge in [0.15, 0.2) is 0 Å². The van der Waals surface area contributed by atoms with Gasteiger partial charge < -0.3 is 9.47 Å². The summed E-state index contributed by atoms with van der Waals surface area (Å²) in [5.41, 5.74) is 0. The lowest BCUT2D eigenvalue weighted by Gasteiger charge is -2.37. The summed E-state index contributed by atoms with van der Waals surface area (Å²) in [5.74, 6) is 0. The van der Waals surface area contributed by atoms with Crippen LogP contribution in [0.4, 0.5) is 0 Å². The predicted octanol–water partition coefficient (Wildman–Crippen LogP) is 1.05. The van der Waals surface area contributed by atoms with Gasteiger partial charge in [0.25, 0.3) is 0 Å². The molecule has 0 amide bonds. The lowest BCUT2D eigenvalue weighted by molar-refractivity contribution is -0.145. The number of nitrogens with zero attached hydrogens (tertiary/aromatic N) is 1. The van der Waals surface area contributed by atoms with Crippen molar-refractivity contribution < 1.29 is 9.47 Å². The summed E-state index contributed by atoms with van der Waals surface area (Å²) < 4.78 is 10.6. The van der Waals surface area contributed by atoms with Crippen molar-refractivity contribution in [1.29, 1.82) is 0 Å². The fourth-order valence-corrected chi connectivity index (χ4v) is 1.63. The van der Waals surface area contributed by atoms with Crippen molar-refractivity contribution in [3.63, 3.8) is 0 Å². The molecule has 1 fully saturated rings. The van der Waals surface area contributed by atoms with E-state index in [-0.39, 0.29) is 12.5 Å². The largest absolute Gasteiger partial charge is 0.366 e. The van der Waals surface area contributed by atoms with Gasteiger partial charge in [0.2, 0.25) is 0 Å². The first-order chi connectivity index (χ1) is 5.29. The quantitative estimate of drug-likeness (QED) is 0.601. The summed E-state index contributed by atoms with van der Waals surface area (Å²) in [5, 5.41) is 0. The van der Waals surface area contributed by atoms with E-state index in [0.29, 0.717) is 0 Å². The molecule has 3 nitrogen and oxygen atoms in total. The Labute approximate surface area is 68.3 Å². The van der Waals surface area contributed by atoms with Crippen molar-refractivity contribution in [1.82, 2.24) is 4.90 Å². The van der Waals surface area contributed by atoms with E-state index in [1.807, 2.05) is 7.05 Å². The van der Waals surface area contributed by atoms with E-state index in [2.05, 4.69) is 4.90 Å². The Hall–Kier alpha value is -0.120. The first kappa shape index (κ1) is 8.97. The molecule has 3 heteroatoms. The Morgan fingerprint density at radius 2 is 1.55 bits per heavy atom. The molecular weight excluding hydrogens is 142 g/mol. The van der Waals surface area contributed by atoms with Gasteiger partial charge in [-0.25, -0.2) is 0 Å². The minimum Gasteiger partial charge on any atom is -0.366 e. The van der Waals surface area contributed by atoms with Gasteiger partial charge in [-0.05, 0) is 26.3 Å². The molecule has 0 radical (unpaired) electrons. The molecule has 0 aromatic carbocycles. The normalized spacial score (nSPS) is 34.1. The standard InChI is InChI=1S/C8H17NO2/c1-9-7(10-2)5-4-6-8(9)11-3/h7-8H,4-6H2,1-3H3. The maximum atomic E-state index is 5.28. The van der Waals surface area contributed by atoms with Crippen molar-refractivity contribution in [2.45, 2.75) is 31.7 Å². The van der Waals surface area contributed by atoms with Gasteiger partial charge in [0.05, 0.1) is 0 Å². The Morgan fingerprint density at radius 3 is 1.91 bits per heavy atom. The number of rotatable bonds is 2. The summed E-state index contributed by atoms with van der Waals surface area (Å²) in [7, 11) is 5.54. The molecule has 0 spiro atoms. The van der Waals surface area contributed by atoms with Gasteiger partial charge in [-0.1, -0.05) is 0 Å². The van der Waals surface area contributed by atoms with E-state index >= 15 is 0 Å². The van der Waals surface area contributed by atoms with Crippen LogP contribution in [0.2, 0.25) is 0 Å². The Balaban J connectivity index is 2.45. The third-order valence-corrected chi connectivity index (χ3v) is 2.35. The summed E-state index contributed by atoms with van der Waals surface area (Å²) >= 11 is 0. The number of ether oxygens (including phenoxy) is 2. The minimum atomic E-state index is 0.244. The molecule has 0 aromatic heterocycles. The van der Waals surface area contributed by atoms with Crippen LogP contribution in [0.15, 0.2) is 0 Å². The number of likely N-dealkylation sites (tertiary alicyclic amines) is 1. The zero-order valence-corrected chi connectivity index (χ0v) is 7.54. The first-order valence-electron chi connectivity index (χ1n) is 4.07. The van der Waals surface area contributed by atoms with Crippen LogP contribution in [0.5, 0.6) is 0 Å². The van der Waals surface area contributed by atoms with Crippen LogP contribution < -0.4 is 0 Å². The van der Waals surface area contributed by atoms with Crippen LogP contribution in [0.25, 0.3) is 0 Å². The molecule has 1 saturated heterocycles. The zero-order valence-electron chi connectivity index (χ0n) is 7.54. The summed E-state index contributed by atoms with van der Waals surface area (Å²) in [6.07, 6.45) is 3.92. The van der Waals surface area contributed by atoms with Gasteiger partial charge in [-0.2, -0.15) is 0 Å². The predicted molar refractivity (Wildman–Crippen MR) is 43.2 cm³/mol. The average molecular weight is 159 g/mol. The van der Waals surface area contributed by atoms with Crippen LogP contribution in [0, 0.1) is 0 Å². The second-order valence-electron chi connectivity index (χ2n) is 2.98. The molecule has 11 heavy (non-hydrogen) atoms. The molecule has 1 aliphatic heterocycles. The monoisotopic (exact) mass is 159 g/mol. The highest BCUT2D eigenvalue weighted by molar-refractivity contribution is 4.70. The molecule has 1 heterocycles. The van der Waals surface area contributed by atoms with E-state index in [9.17, 15) is 0 Å². The van der Waals surface area contributed by atoms with Crippen LogP contribution in [-0.4, -0.2) is 38.6 Å². The molecule has 0 saturated carbocycles. The van der Waals surface area contributed by atoms with E-state index < -0.39 is 0 Å². The van der Waals surface area contributed by atoms with Crippen molar-refractivity contribution in [3.8, 4) is 0 Å². The van der Waals surface area contributed by atoms with Crippen LogP contribution in [0.1, 0.15) is 19.3 Å². The lowest BCUT2D eigenvalue weighted by atomic mass is 10.1. The molecule has 0 aliphatic carbocycles. The highest BCUT2D eigenvalue weighted by Gasteiger charge is 2.26. The third kappa shape index (κ3) is 1.92. The number of methoxy groups -OCH3 is 2. The zero-order chi connectivity index (χ0) is 8.27. The van der Waals surface area contributed by atoms with Crippen molar-refractivity contribution >= 4 is 0 Å². The van der Waals surface area contributed by atoms with Crippen molar-refractivity contribution in [3.05, 3.63) is 0 Å². The second kappa shape index (κ2) is 4.04. The maximum absolute atomic E-state index is 5.28. The third-order valence-electron chi connectivity index (χ3n) is 2.35. The fraction of sp³-hybridized carbons (Fsp3) is 1.00. The van der Waals surface area contributed by atoms with E-state index in [1.54, 1.807) is 14.2 Å². The SMILES string of the molecule is COC1CCCC(OC)N1C. The van der Waals surface area contributed by atoms with E-state index in [4.69, 9.17) is 9.47 Å². The molecule has 66 valence electrons. The summed E-state index contributed by atoms with van der Waals surface area (Å²) in [4.78, 5) is 2.14. The van der Waals surface area contributed by atoms with Crippen LogP contribution in [0.3, 0.4) is 0 Å². The van der Waals surface area contributed by atoms with E-state index in [1.165, 1.54) is 6.42 Å². The van der Waals surface area contributed by atoms with Gasteiger partial charge in [0, 0.05) is 14.2 Å². The number of hydrogen-bond donors (Lipinski definition) is 0. The summed E-state index contributed by atoms with van der Waals surface area (Å²) in [6.45, 7) is 0. The molecule has 2 atom stereocenters. The average Bonchev–Trinajstić information content (AvgIpc) is 2.05. The fourth-order valence-electron chi connectivity index (χ4n) is 1.63. The Morgan fingerprint density at radius 1 is 1.09 bits per heavy atom. The van der Waals surface area contributed by atoms with Crippen LogP contribution in [-0.2, 0) is 9.47 Å². The number of piperidine rings is 1. The van der Waals surface area contributed by atoms with Crippen molar-refractivity contribution in [2.75, 3.05) is 21.3 Å². The van der Waals surface area contributed by atoms with Gasteiger partial charge in [0.1, 0.15) is 12.5 Å². The topological polar surface area (TPSA) is 21.7 Å². The smallest absolute Gasteiger partial charge is 0.111 e. The Bertz CT molecular complexity index is 107. The molecule has 1 aliphatic rings.